The summed E-state index contributed by atoms with van der Waals surface area (Å²) in [5.74, 6) is 0.218. The second-order valence-corrected chi connectivity index (χ2v) is 5.28. The number of oxime groups is 1. The monoisotopic (exact) mass is 264 g/mol. The first-order chi connectivity index (χ1) is 8.61. The molecule has 96 valence electrons. The van der Waals surface area contributed by atoms with Gasteiger partial charge in [0.05, 0.1) is 10.2 Å². The van der Waals surface area contributed by atoms with Crippen molar-refractivity contribution in [2.45, 2.75) is 6.92 Å². The lowest BCUT2D eigenvalue weighted by atomic mass is 10.1. The number of nitrogens with zero attached hydrogens (tertiary/aromatic N) is 3. The van der Waals surface area contributed by atoms with Crippen LogP contribution in [0.5, 0.6) is 0 Å². The molecule has 1 heterocycles. The molecule has 0 aliphatic heterocycles. The van der Waals surface area contributed by atoms with E-state index in [1.165, 1.54) is 0 Å². The highest BCUT2D eigenvalue weighted by molar-refractivity contribution is 7.22. The van der Waals surface area contributed by atoms with Gasteiger partial charge in [-0.2, -0.15) is 0 Å². The fourth-order valence-electron chi connectivity index (χ4n) is 1.70. The number of anilines is 1. The Hall–Kier alpha value is -1.82. The van der Waals surface area contributed by atoms with Crippen LogP contribution < -0.4 is 10.6 Å². The number of hydrogen-bond donors (Lipinski definition) is 2. The van der Waals surface area contributed by atoms with Gasteiger partial charge in [0, 0.05) is 19.5 Å². The number of hydrogen-bond acceptors (Lipinski definition) is 5. The van der Waals surface area contributed by atoms with E-state index in [1.54, 1.807) is 11.3 Å². The molecule has 0 fully saturated rings. The maximum atomic E-state index is 8.63. The second-order valence-electron chi connectivity index (χ2n) is 4.27. The Kier molecular flexibility index (Phi) is 3.66. The van der Waals surface area contributed by atoms with E-state index in [0.717, 1.165) is 15.3 Å². The fourth-order valence-corrected chi connectivity index (χ4v) is 2.64. The van der Waals surface area contributed by atoms with E-state index in [1.807, 2.05) is 37.1 Å². The Morgan fingerprint density at radius 1 is 1.56 bits per heavy atom. The number of thiazole rings is 1. The highest BCUT2D eigenvalue weighted by Gasteiger charge is 2.14. The average Bonchev–Trinajstić information content (AvgIpc) is 2.81. The molecule has 3 N–H and O–H groups in total. The number of rotatable bonds is 4. The summed E-state index contributed by atoms with van der Waals surface area (Å²) in [5.41, 5.74) is 6.58. The second kappa shape index (κ2) is 5.22. The van der Waals surface area contributed by atoms with Gasteiger partial charge in [-0.3, -0.25) is 0 Å². The Morgan fingerprint density at radius 2 is 2.28 bits per heavy atom. The number of nitrogens with two attached hydrogens (primary N) is 1. The summed E-state index contributed by atoms with van der Waals surface area (Å²) in [4.78, 5) is 6.57. The molecule has 0 saturated carbocycles. The van der Waals surface area contributed by atoms with Crippen LogP contribution in [0, 0.1) is 5.92 Å². The van der Waals surface area contributed by atoms with Gasteiger partial charge in [-0.25, -0.2) is 4.98 Å². The Morgan fingerprint density at radius 3 is 2.94 bits per heavy atom. The number of fused-ring (bicyclic) bond motifs is 1. The lowest BCUT2D eigenvalue weighted by Crippen LogP contribution is -2.32. The summed E-state index contributed by atoms with van der Waals surface area (Å²) in [5, 5.41) is 12.6. The molecule has 0 amide bonds. The molecule has 0 aliphatic carbocycles. The average molecular weight is 264 g/mol. The van der Waals surface area contributed by atoms with Crippen LogP contribution in [0.1, 0.15) is 6.92 Å². The highest BCUT2D eigenvalue weighted by Crippen LogP contribution is 2.28. The molecule has 0 spiro atoms. The minimum absolute atomic E-state index is 0.0213. The van der Waals surface area contributed by atoms with Crippen molar-refractivity contribution in [3.8, 4) is 0 Å². The summed E-state index contributed by atoms with van der Waals surface area (Å²) in [6.45, 7) is 2.58. The van der Waals surface area contributed by atoms with Crippen LogP contribution in [0.25, 0.3) is 10.2 Å². The minimum atomic E-state index is -0.0213. The van der Waals surface area contributed by atoms with Crippen molar-refractivity contribution < 1.29 is 5.21 Å². The van der Waals surface area contributed by atoms with Gasteiger partial charge in [0.25, 0.3) is 0 Å². The summed E-state index contributed by atoms with van der Waals surface area (Å²) in [6.07, 6.45) is 0. The molecule has 1 aromatic carbocycles. The minimum Gasteiger partial charge on any atom is -0.409 e. The van der Waals surface area contributed by atoms with Gasteiger partial charge in [-0.05, 0) is 12.1 Å². The molecule has 2 rings (SSSR count). The van der Waals surface area contributed by atoms with E-state index in [9.17, 15) is 0 Å². The molecule has 0 saturated heterocycles. The van der Waals surface area contributed by atoms with Crippen LogP contribution in [0.2, 0.25) is 0 Å². The van der Waals surface area contributed by atoms with Crippen LogP contribution in [-0.4, -0.2) is 29.6 Å². The third kappa shape index (κ3) is 2.53. The molecule has 0 aliphatic rings. The Bertz CT molecular complexity index is 533. The smallest absolute Gasteiger partial charge is 0.186 e. The fraction of sp³-hybridized carbons (Fsp3) is 0.333. The Labute approximate surface area is 110 Å². The van der Waals surface area contributed by atoms with Crippen LogP contribution in [0.4, 0.5) is 5.13 Å². The zero-order valence-corrected chi connectivity index (χ0v) is 11.2. The van der Waals surface area contributed by atoms with E-state index in [-0.39, 0.29) is 11.8 Å². The van der Waals surface area contributed by atoms with Gasteiger partial charge >= 0.3 is 0 Å². The summed E-state index contributed by atoms with van der Waals surface area (Å²) < 4.78 is 1.16. The summed E-state index contributed by atoms with van der Waals surface area (Å²) in [7, 11) is 1.96. The third-order valence-corrected chi connectivity index (χ3v) is 3.93. The highest BCUT2D eigenvalue weighted by atomic mass is 32.1. The summed E-state index contributed by atoms with van der Waals surface area (Å²) in [6, 6.07) is 8.03. The maximum absolute atomic E-state index is 8.63. The first kappa shape index (κ1) is 12.6. The van der Waals surface area contributed by atoms with Gasteiger partial charge in [0.1, 0.15) is 5.84 Å². The molecule has 0 radical (unpaired) electrons. The molecule has 1 unspecified atom stereocenters. The standard InChI is InChI=1S/C12H16N4OS/c1-8(11(13)15-17)7-16(2)12-14-9-5-3-4-6-10(9)18-12/h3-6,8,17H,7H2,1-2H3,(H2,13,15). The molecule has 6 heteroatoms. The normalized spacial score (nSPS) is 13.8. The van der Waals surface area contributed by atoms with Gasteiger partial charge in [0.15, 0.2) is 5.13 Å². The van der Waals surface area contributed by atoms with Crippen molar-refractivity contribution in [1.29, 1.82) is 0 Å². The van der Waals surface area contributed by atoms with E-state index < -0.39 is 0 Å². The third-order valence-electron chi connectivity index (χ3n) is 2.78. The number of aromatic nitrogens is 1. The molecular formula is C12H16N4OS. The molecule has 1 aromatic heterocycles. The van der Waals surface area contributed by atoms with E-state index >= 15 is 0 Å². The van der Waals surface area contributed by atoms with Crippen molar-refractivity contribution in [2.75, 3.05) is 18.5 Å². The Balaban J connectivity index is 2.16. The van der Waals surface area contributed by atoms with E-state index in [2.05, 4.69) is 16.2 Å². The van der Waals surface area contributed by atoms with Crippen molar-refractivity contribution in [3.05, 3.63) is 24.3 Å². The van der Waals surface area contributed by atoms with Crippen LogP contribution in [0.3, 0.4) is 0 Å². The lowest BCUT2D eigenvalue weighted by Gasteiger charge is -2.19. The number of para-hydroxylation sites is 1. The first-order valence-corrected chi connectivity index (χ1v) is 6.47. The van der Waals surface area contributed by atoms with Crippen LogP contribution >= 0.6 is 11.3 Å². The topological polar surface area (TPSA) is 74.7 Å². The largest absolute Gasteiger partial charge is 0.409 e. The molecule has 18 heavy (non-hydrogen) atoms. The van der Waals surface area contributed by atoms with Crippen LogP contribution in [-0.2, 0) is 0 Å². The van der Waals surface area contributed by atoms with Gasteiger partial charge in [-0.1, -0.05) is 35.5 Å². The van der Waals surface area contributed by atoms with Gasteiger partial charge in [0.2, 0.25) is 0 Å². The number of benzene rings is 1. The first-order valence-electron chi connectivity index (χ1n) is 5.66. The van der Waals surface area contributed by atoms with Crippen molar-refractivity contribution >= 4 is 32.5 Å². The van der Waals surface area contributed by atoms with Crippen molar-refractivity contribution in [2.24, 2.45) is 16.8 Å². The predicted octanol–water partition coefficient (Wildman–Crippen LogP) is 2.12. The van der Waals surface area contributed by atoms with Crippen molar-refractivity contribution in [3.63, 3.8) is 0 Å². The predicted molar refractivity (Wildman–Crippen MR) is 75.5 cm³/mol. The molecular weight excluding hydrogens is 248 g/mol. The molecule has 2 aromatic rings. The van der Waals surface area contributed by atoms with Crippen LogP contribution in [0.15, 0.2) is 29.4 Å². The van der Waals surface area contributed by atoms with Crippen molar-refractivity contribution in [1.82, 2.24) is 4.98 Å². The SMILES string of the molecule is CC(CN(C)c1nc2ccccc2s1)/C(N)=N/O. The summed E-state index contributed by atoms with van der Waals surface area (Å²) >= 11 is 1.64. The van der Waals surface area contributed by atoms with Gasteiger partial charge in [-0.15, -0.1) is 0 Å². The molecule has 1 atom stereocenters. The van der Waals surface area contributed by atoms with E-state index in [4.69, 9.17) is 10.9 Å². The van der Waals surface area contributed by atoms with Gasteiger partial charge < -0.3 is 15.8 Å². The molecule has 5 nitrogen and oxygen atoms in total. The maximum Gasteiger partial charge on any atom is 0.186 e. The lowest BCUT2D eigenvalue weighted by molar-refractivity contribution is 0.314. The molecule has 0 bridgehead atoms. The number of amidine groups is 1. The zero-order valence-electron chi connectivity index (χ0n) is 10.4. The van der Waals surface area contributed by atoms with E-state index in [0.29, 0.717) is 6.54 Å². The quantitative estimate of drug-likeness (QED) is 0.384. The zero-order chi connectivity index (χ0) is 13.1.